The molecule has 0 aliphatic heterocycles. The quantitative estimate of drug-likeness (QED) is 0.779. The van der Waals surface area contributed by atoms with E-state index < -0.39 is 0 Å². The molecule has 1 aromatic carbocycles. The first-order valence-corrected chi connectivity index (χ1v) is 7.04. The van der Waals surface area contributed by atoms with Crippen LogP contribution in [0.4, 0.5) is 0 Å². The van der Waals surface area contributed by atoms with E-state index in [2.05, 4.69) is 16.9 Å². The molecule has 2 rings (SSSR count). The first kappa shape index (κ1) is 14.3. The Balaban J connectivity index is 1.88. The monoisotopic (exact) mass is 272 g/mol. The van der Waals surface area contributed by atoms with Gasteiger partial charge in [0.05, 0.1) is 19.0 Å². The molecular weight excluding hydrogens is 252 g/mol. The lowest BCUT2D eigenvalue weighted by molar-refractivity contribution is 0.303. The van der Waals surface area contributed by atoms with Crippen LogP contribution >= 0.6 is 0 Å². The number of nitrogens with zero attached hydrogens (tertiary/aromatic N) is 2. The van der Waals surface area contributed by atoms with E-state index in [9.17, 15) is 5.11 Å². The molecule has 0 radical (unpaired) electrons. The highest BCUT2D eigenvalue weighted by Crippen LogP contribution is 2.19. The number of unbranched alkanes of at least 4 members (excludes halogenated alkanes) is 3. The number of aromatic hydroxyl groups is 1. The third kappa shape index (κ3) is 4.23. The van der Waals surface area contributed by atoms with Gasteiger partial charge in [-0.1, -0.05) is 26.2 Å². The predicted molar refractivity (Wildman–Crippen MR) is 78.8 cm³/mol. The zero-order chi connectivity index (χ0) is 14.2. The van der Waals surface area contributed by atoms with Crippen LogP contribution in [0.25, 0.3) is 11.4 Å². The van der Waals surface area contributed by atoms with Gasteiger partial charge in [-0.2, -0.15) is 0 Å². The number of rotatable bonds is 7. The molecule has 20 heavy (non-hydrogen) atoms. The second kappa shape index (κ2) is 7.48. The summed E-state index contributed by atoms with van der Waals surface area (Å²) in [5.74, 6) is 1.56. The molecule has 0 saturated carbocycles. The van der Waals surface area contributed by atoms with Crippen molar-refractivity contribution >= 4 is 0 Å². The third-order valence-electron chi connectivity index (χ3n) is 3.02. The van der Waals surface area contributed by atoms with Crippen molar-refractivity contribution in [2.45, 2.75) is 32.6 Å². The molecule has 2 aromatic rings. The number of hydrogen-bond donors (Lipinski definition) is 1. The molecule has 1 aromatic heterocycles. The van der Waals surface area contributed by atoms with E-state index in [0.29, 0.717) is 18.2 Å². The SMILES string of the molecule is CCCCCCOc1cnc(-c2ccc(O)cc2)nc1. The van der Waals surface area contributed by atoms with E-state index >= 15 is 0 Å². The van der Waals surface area contributed by atoms with Gasteiger partial charge in [0.25, 0.3) is 0 Å². The number of phenolic OH excluding ortho intramolecular Hbond substituents is 1. The normalized spacial score (nSPS) is 10.4. The van der Waals surface area contributed by atoms with Crippen LogP contribution in [0.5, 0.6) is 11.5 Å². The second-order valence-corrected chi connectivity index (χ2v) is 4.70. The number of benzene rings is 1. The molecule has 1 N–H and O–H groups in total. The molecule has 0 spiro atoms. The van der Waals surface area contributed by atoms with Crippen molar-refractivity contribution < 1.29 is 9.84 Å². The maximum Gasteiger partial charge on any atom is 0.159 e. The van der Waals surface area contributed by atoms with Crippen LogP contribution in [0.1, 0.15) is 32.6 Å². The fourth-order valence-electron chi connectivity index (χ4n) is 1.87. The average molecular weight is 272 g/mol. The van der Waals surface area contributed by atoms with Crippen molar-refractivity contribution in [3.63, 3.8) is 0 Å². The summed E-state index contributed by atoms with van der Waals surface area (Å²) in [6, 6.07) is 6.82. The summed E-state index contributed by atoms with van der Waals surface area (Å²) in [5.41, 5.74) is 0.872. The summed E-state index contributed by atoms with van der Waals surface area (Å²) in [4.78, 5) is 8.55. The topological polar surface area (TPSA) is 55.2 Å². The van der Waals surface area contributed by atoms with Gasteiger partial charge < -0.3 is 9.84 Å². The molecule has 0 atom stereocenters. The van der Waals surface area contributed by atoms with Crippen LogP contribution in [-0.4, -0.2) is 21.7 Å². The van der Waals surface area contributed by atoms with Gasteiger partial charge in [-0.05, 0) is 30.7 Å². The van der Waals surface area contributed by atoms with Gasteiger partial charge >= 0.3 is 0 Å². The highest BCUT2D eigenvalue weighted by molar-refractivity contribution is 5.55. The standard InChI is InChI=1S/C16H20N2O2/c1-2-3-4-5-10-20-15-11-17-16(18-12-15)13-6-8-14(19)9-7-13/h6-9,11-12,19H,2-5,10H2,1H3. The lowest BCUT2D eigenvalue weighted by Crippen LogP contribution is -1.99. The van der Waals surface area contributed by atoms with Gasteiger partial charge in [0.1, 0.15) is 5.75 Å². The van der Waals surface area contributed by atoms with Crippen LogP contribution in [0.3, 0.4) is 0 Å². The molecule has 0 amide bonds. The minimum absolute atomic E-state index is 0.237. The van der Waals surface area contributed by atoms with E-state index in [-0.39, 0.29) is 5.75 Å². The minimum atomic E-state index is 0.237. The fraction of sp³-hybridized carbons (Fsp3) is 0.375. The van der Waals surface area contributed by atoms with E-state index in [1.54, 1.807) is 36.7 Å². The second-order valence-electron chi connectivity index (χ2n) is 4.70. The highest BCUT2D eigenvalue weighted by atomic mass is 16.5. The van der Waals surface area contributed by atoms with Crippen LogP contribution < -0.4 is 4.74 Å². The molecule has 0 aliphatic rings. The number of hydrogen-bond acceptors (Lipinski definition) is 4. The summed E-state index contributed by atoms with van der Waals surface area (Å²) in [6.07, 6.45) is 8.12. The van der Waals surface area contributed by atoms with Crippen molar-refractivity contribution in [3.05, 3.63) is 36.7 Å². The molecule has 0 bridgehead atoms. The van der Waals surface area contributed by atoms with Crippen LogP contribution in [0, 0.1) is 0 Å². The lowest BCUT2D eigenvalue weighted by Gasteiger charge is -2.06. The number of phenols is 1. The van der Waals surface area contributed by atoms with Gasteiger partial charge in [-0.15, -0.1) is 0 Å². The van der Waals surface area contributed by atoms with E-state index in [1.807, 2.05) is 0 Å². The van der Waals surface area contributed by atoms with Crippen molar-refractivity contribution in [1.29, 1.82) is 0 Å². The zero-order valence-corrected chi connectivity index (χ0v) is 11.7. The molecule has 0 aliphatic carbocycles. The number of aromatic nitrogens is 2. The molecular formula is C16H20N2O2. The Kier molecular flexibility index (Phi) is 5.35. The van der Waals surface area contributed by atoms with Crippen molar-refractivity contribution in [1.82, 2.24) is 9.97 Å². The van der Waals surface area contributed by atoms with Crippen molar-refractivity contribution in [3.8, 4) is 22.9 Å². The summed E-state index contributed by atoms with van der Waals surface area (Å²) >= 11 is 0. The molecule has 4 nitrogen and oxygen atoms in total. The lowest BCUT2D eigenvalue weighted by atomic mass is 10.2. The molecule has 4 heteroatoms. The summed E-state index contributed by atoms with van der Waals surface area (Å²) in [7, 11) is 0. The summed E-state index contributed by atoms with van der Waals surface area (Å²) < 4.78 is 5.60. The molecule has 0 saturated heterocycles. The van der Waals surface area contributed by atoms with E-state index in [0.717, 1.165) is 12.0 Å². The first-order valence-electron chi connectivity index (χ1n) is 7.04. The largest absolute Gasteiger partial charge is 0.508 e. The van der Waals surface area contributed by atoms with E-state index in [1.165, 1.54) is 19.3 Å². The Labute approximate surface area is 119 Å². The highest BCUT2D eigenvalue weighted by Gasteiger charge is 2.02. The van der Waals surface area contributed by atoms with Crippen LogP contribution in [-0.2, 0) is 0 Å². The van der Waals surface area contributed by atoms with E-state index in [4.69, 9.17) is 4.74 Å². The smallest absolute Gasteiger partial charge is 0.159 e. The molecule has 0 fully saturated rings. The summed E-state index contributed by atoms with van der Waals surface area (Å²) in [5, 5.41) is 9.25. The van der Waals surface area contributed by atoms with Gasteiger partial charge in [0, 0.05) is 5.56 Å². The Morgan fingerprint density at radius 1 is 1.00 bits per heavy atom. The Morgan fingerprint density at radius 2 is 1.70 bits per heavy atom. The molecule has 1 heterocycles. The Hall–Kier alpha value is -2.10. The van der Waals surface area contributed by atoms with Gasteiger partial charge in [0.2, 0.25) is 0 Å². The average Bonchev–Trinajstić information content (AvgIpc) is 2.49. The van der Waals surface area contributed by atoms with Gasteiger partial charge in [0.15, 0.2) is 11.6 Å². The maximum atomic E-state index is 9.25. The zero-order valence-electron chi connectivity index (χ0n) is 11.7. The molecule has 0 unspecified atom stereocenters. The minimum Gasteiger partial charge on any atom is -0.508 e. The van der Waals surface area contributed by atoms with Crippen LogP contribution in [0.2, 0.25) is 0 Å². The van der Waals surface area contributed by atoms with Gasteiger partial charge in [-0.3, -0.25) is 0 Å². The Morgan fingerprint density at radius 3 is 2.35 bits per heavy atom. The maximum absolute atomic E-state index is 9.25. The van der Waals surface area contributed by atoms with Crippen molar-refractivity contribution in [2.24, 2.45) is 0 Å². The molecule has 106 valence electrons. The predicted octanol–water partition coefficient (Wildman–Crippen LogP) is 3.81. The third-order valence-corrected chi connectivity index (χ3v) is 3.02. The number of ether oxygens (including phenoxy) is 1. The summed E-state index contributed by atoms with van der Waals surface area (Å²) in [6.45, 7) is 2.90. The van der Waals surface area contributed by atoms with Gasteiger partial charge in [-0.25, -0.2) is 9.97 Å². The van der Waals surface area contributed by atoms with Crippen LogP contribution in [0.15, 0.2) is 36.7 Å². The first-order chi connectivity index (χ1) is 9.79. The Bertz CT molecular complexity index is 509. The van der Waals surface area contributed by atoms with Crippen molar-refractivity contribution in [2.75, 3.05) is 6.61 Å². The fourth-order valence-corrected chi connectivity index (χ4v) is 1.87.